The lowest BCUT2D eigenvalue weighted by Gasteiger charge is -2.21. The zero-order valence-electron chi connectivity index (χ0n) is 21.3. The molecule has 5 aromatic heterocycles. The Bertz CT molecular complexity index is 1790. The Morgan fingerprint density at radius 3 is 1.60 bits per heavy atom. The summed E-state index contributed by atoms with van der Waals surface area (Å²) in [5, 5.41) is 4.45. The molecular formula is C32H22N8. The number of rotatable bonds is 5. The van der Waals surface area contributed by atoms with Gasteiger partial charge in [0.2, 0.25) is 0 Å². The van der Waals surface area contributed by atoms with Gasteiger partial charge in [-0.3, -0.25) is 9.97 Å². The third kappa shape index (κ3) is 4.69. The van der Waals surface area contributed by atoms with Crippen LogP contribution in [0.1, 0.15) is 23.2 Å². The predicted molar refractivity (Wildman–Crippen MR) is 156 cm³/mol. The van der Waals surface area contributed by atoms with Crippen molar-refractivity contribution >= 4 is 22.6 Å². The van der Waals surface area contributed by atoms with E-state index in [9.17, 15) is 0 Å². The number of hydrogen-bond donors (Lipinski definition) is 1. The van der Waals surface area contributed by atoms with Crippen LogP contribution in [0.25, 0.3) is 33.7 Å². The summed E-state index contributed by atoms with van der Waals surface area (Å²) in [6, 6.07) is 35.2. The van der Waals surface area contributed by atoms with Crippen molar-refractivity contribution in [1.29, 1.82) is 0 Å². The first-order valence-corrected chi connectivity index (χ1v) is 12.9. The second-order valence-corrected chi connectivity index (χ2v) is 9.13. The maximum absolute atomic E-state index is 4.95. The Balaban J connectivity index is 1.33. The van der Waals surface area contributed by atoms with E-state index < -0.39 is 6.17 Å². The lowest BCUT2D eigenvalue weighted by molar-refractivity contribution is 0.730. The Morgan fingerprint density at radius 1 is 0.450 bits per heavy atom. The van der Waals surface area contributed by atoms with Gasteiger partial charge in [-0.25, -0.2) is 24.9 Å². The molecule has 190 valence electrons. The monoisotopic (exact) mass is 518 g/mol. The summed E-state index contributed by atoms with van der Waals surface area (Å²) in [6.45, 7) is 0. The summed E-state index contributed by atoms with van der Waals surface area (Å²) >= 11 is 0. The lowest BCUT2D eigenvalue weighted by Crippen LogP contribution is -2.37. The molecule has 1 N–H and O–H groups in total. The van der Waals surface area contributed by atoms with E-state index in [2.05, 4.69) is 15.3 Å². The second kappa shape index (κ2) is 10.3. The van der Waals surface area contributed by atoms with Crippen molar-refractivity contribution in [3.8, 4) is 22.8 Å². The molecule has 6 aromatic rings. The van der Waals surface area contributed by atoms with Gasteiger partial charge in [-0.1, -0.05) is 48.5 Å². The zero-order chi connectivity index (χ0) is 26.7. The van der Waals surface area contributed by atoms with E-state index >= 15 is 0 Å². The van der Waals surface area contributed by atoms with Crippen LogP contribution in [0.5, 0.6) is 0 Å². The molecule has 1 aliphatic rings. The van der Waals surface area contributed by atoms with E-state index in [-0.39, 0.29) is 0 Å². The van der Waals surface area contributed by atoms with Crippen molar-refractivity contribution < 1.29 is 0 Å². The van der Waals surface area contributed by atoms with E-state index in [0.29, 0.717) is 23.1 Å². The third-order valence-corrected chi connectivity index (χ3v) is 6.46. The SMILES string of the molecule is c1ccc(-c2cccc(C3=NC(c4ccc5ccccc5n4)N=C(c4cccc(-c5ccccn5)n4)N3)n2)nc1. The van der Waals surface area contributed by atoms with E-state index in [1.807, 2.05) is 109 Å². The van der Waals surface area contributed by atoms with Gasteiger partial charge < -0.3 is 5.32 Å². The number of pyridine rings is 5. The first-order chi connectivity index (χ1) is 19.8. The van der Waals surface area contributed by atoms with Crippen molar-refractivity contribution in [2.45, 2.75) is 6.17 Å². The van der Waals surface area contributed by atoms with Crippen LogP contribution in [0.3, 0.4) is 0 Å². The molecule has 0 fully saturated rings. The van der Waals surface area contributed by atoms with Crippen LogP contribution >= 0.6 is 0 Å². The molecule has 0 unspecified atom stereocenters. The molecule has 1 aromatic carbocycles. The fourth-order valence-electron chi connectivity index (χ4n) is 4.52. The molecule has 0 aliphatic carbocycles. The molecule has 0 saturated carbocycles. The molecule has 40 heavy (non-hydrogen) atoms. The highest BCUT2D eigenvalue weighted by Gasteiger charge is 2.23. The van der Waals surface area contributed by atoms with Gasteiger partial charge in [0.05, 0.1) is 34.0 Å². The van der Waals surface area contributed by atoms with Gasteiger partial charge >= 0.3 is 0 Å². The first-order valence-electron chi connectivity index (χ1n) is 12.9. The van der Waals surface area contributed by atoms with Crippen LogP contribution in [-0.4, -0.2) is 36.6 Å². The second-order valence-electron chi connectivity index (χ2n) is 9.13. The summed E-state index contributed by atoms with van der Waals surface area (Å²) in [5.41, 5.74) is 6.03. The Morgan fingerprint density at radius 2 is 1.00 bits per heavy atom. The minimum absolute atomic E-state index is 0.577. The van der Waals surface area contributed by atoms with Crippen molar-refractivity contribution in [3.63, 3.8) is 0 Å². The smallest absolute Gasteiger partial charge is 0.186 e. The van der Waals surface area contributed by atoms with E-state index in [1.165, 1.54) is 0 Å². The standard InChI is InChI=1S/C32H22N8/c1-2-10-22-21(9-1)17-18-29(35-22)32-39-30(27-15-7-13-25(36-27)23-11-3-5-19-33-23)38-31(40-32)28-16-8-14-26(37-28)24-12-4-6-20-34-24/h1-20,32H,(H,38,39,40). The number of aromatic nitrogens is 5. The van der Waals surface area contributed by atoms with Gasteiger partial charge in [-0.05, 0) is 60.7 Å². The van der Waals surface area contributed by atoms with Crippen LogP contribution in [0, 0.1) is 0 Å². The number of aliphatic imine (C=N–C) groups is 2. The summed E-state index contributed by atoms with van der Waals surface area (Å²) in [6.07, 6.45) is 2.93. The molecule has 8 heteroatoms. The summed E-state index contributed by atoms with van der Waals surface area (Å²) < 4.78 is 0. The van der Waals surface area contributed by atoms with Gasteiger partial charge in [0.25, 0.3) is 0 Å². The van der Waals surface area contributed by atoms with Gasteiger partial charge in [-0.15, -0.1) is 0 Å². The van der Waals surface area contributed by atoms with Crippen LogP contribution in [0.4, 0.5) is 0 Å². The number of nitrogens with zero attached hydrogens (tertiary/aromatic N) is 7. The van der Waals surface area contributed by atoms with Crippen molar-refractivity contribution in [2.24, 2.45) is 9.98 Å². The number of benzene rings is 1. The van der Waals surface area contributed by atoms with Gasteiger partial charge in [0.1, 0.15) is 11.4 Å². The molecule has 7 rings (SSSR count). The maximum atomic E-state index is 4.95. The molecule has 0 bridgehead atoms. The number of para-hydroxylation sites is 1. The molecule has 1 aliphatic heterocycles. The largest absolute Gasteiger partial charge is 0.322 e. The summed E-state index contributed by atoms with van der Waals surface area (Å²) in [5.74, 6) is 1.15. The zero-order valence-corrected chi connectivity index (χ0v) is 21.3. The average Bonchev–Trinajstić information content (AvgIpc) is 3.05. The first kappa shape index (κ1) is 23.5. The minimum Gasteiger partial charge on any atom is -0.322 e. The number of amidine groups is 2. The Labute approximate surface area is 230 Å². The average molecular weight is 519 g/mol. The summed E-state index contributed by atoms with van der Waals surface area (Å²) in [7, 11) is 0. The van der Waals surface area contributed by atoms with Gasteiger partial charge in [0.15, 0.2) is 17.8 Å². The molecule has 0 amide bonds. The molecule has 0 saturated heterocycles. The number of hydrogen-bond acceptors (Lipinski definition) is 8. The molecule has 8 nitrogen and oxygen atoms in total. The van der Waals surface area contributed by atoms with Gasteiger partial charge in [-0.2, -0.15) is 0 Å². The third-order valence-electron chi connectivity index (χ3n) is 6.46. The maximum Gasteiger partial charge on any atom is 0.186 e. The molecule has 0 spiro atoms. The highest BCUT2D eigenvalue weighted by Crippen LogP contribution is 2.25. The van der Waals surface area contributed by atoms with E-state index in [1.54, 1.807) is 12.4 Å². The molecule has 6 heterocycles. The Kier molecular flexibility index (Phi) is 6.03. The minimum atomic E-state index is -0.587. The number of fused-ring (bicyclic) bond motifs is 1. The highest BCUT2D eigenvalue weighted by molar-refractivity contribution is 6.14. The summed E-state index contributed by atoms with van der Waals surface area (Å²) in [4.78, 5) is 33.5. The van der Waals surface area contributed by atoms with E-state index in [0.717, 1.165) is 39.4 Å². The fraction of sp³-hybridized carbons (Fsp3) is 0.0312. The predicted octanol–water partition coefficient (Wildman–Crippen LogP) is 5.64. The van der Waals surface area contributed by atoms with Crippen molar-refractivity contribution in [3.05, 3.63) is 139 Å². The van der Waals surface area contributed by atoms with Crippen molar-refractivity contribution in [1.82, 2.24) is 30.2 Å². The Hall–Kier alpha value is -5.63. The van der Waals surface area contributed by atoms with Crippen LogP contribution < -0.4 is 5.32 Å². The fourth-order valence-corrected chi connectivity index (χ4v) is 4.52. The number of nitrogens with one attached hydrogen (secondary N) is 1. The topological polar surface area (TPSA) is 101 Å². The van der Waals surface area contributed by atoms with Crippen molar-refractivity contribution in [2.75, 3.05) is 0 Å². The quantitative estimate of drug-likeness (QED) is 0.317. The van der Waals surface area contributed by atoms with Crippen LogP contribution in [0.15, 0.2) is 132 Å². The molecule has 0 atom stereocenters. The molecule has 0 radical (unpaired) electrons. The van der Waals surface area contributed by atoms with Gasteiger partial charge in [0, 0.05) is 17.8 Å². The lowest BCUT2D eigenvalue weighted by atomic mass is 10.1. The highest BCUT2D eigenvalue weighted by atomic mass is 15.2. The normalized spacial score (nSPS) is 13.4. The van der Waals surface area contributed by atoms with E-state index in [4.69, 9.17) is 24.9 Å². The van der Waals surface area contributed by atoms with Crippen LogP contribution in [-0.2, 0) is 0 Å². The molecular weight excluding hydrogens is 496 g/mol. The van der Waals surface area contributed by atoms with Crippen LogP contribution in [0.2, 0.25) is 0 Å².